The lowest BCUT2D eigenvalue weighted by Crippen LogP contribution is -2.48. The molecule has 2 rings (SSSR count). The van der Waals surface area contributed by atoms with E-state index in [0.717, 1.165) is 64.7 Å². The summed E-state index contributed by atoms with van der Waals surface area (Å²) in [5, 5.41) is 3.48. The minimum atomic E-state index is -0.174. The van der Waals surface area contributed by atoms with Crippen LogP contribution in [0.3, 0.4) is 0 Å². The number of nitrogens with one attached hydrogen (secondary N) is 1. The molecule has 0 aromatic heterocycles. The molecule has 1 atom stereocenters. The van der Waals surface area contributed by atoms with Crippen LogP contribution >= 0.6 is 0 Å². The molecule has 3 nitrogen and oxygen atoms in total. The maximum absolute atomic E-state index is 12.5. The van der Waals surface area contributed by atoms with Crippen LogP contribution in [0.1, 0.15) is 51.9 Å². The number of rotatable bonds is 5. The van der Waals surface area contributed by atoms with E-state index >= 15 is 0 Å². The van der Waals surface area contributed by atoms with Crippen LogP contribution in [0.4, 0.5) is 0 Å². The summed E-state index contributed by atoms with van der Waals surface area (Å²) in [7, 11) is 0. The van der Waals surface area contributed by atoms with Crippen LogP contribution in [0.15, 0.2) is 0 Å². The smallest absolute Gasteiger partial charge is 0.153 e. The fourth-order valence-corrected chi connectivity index (χ4v) is 3.23. The molecule has 0 amide bonds. The number of hydrogen-bond donors (Lipinski definition) is 1. The zero-order valence-corrected chi connectivity index (χ0v) is 11.0. The molecule has 1 N–H and O–H groups in total. The van der Waals surface area contributed by atoms with Gasteiger partial charge in [0.05, 0.1) is 5.54 Å². The third-order valence-corrected chi connectivity index (χ3v) is 4.27. The lowest BCUT2D eigenvalue weighted by atomic mass is 9.81. The fraction of sp³-hybridized carbons (Fsp3) is 0.929. The minimum absolute atomic E-state index is 0.174. The van der Waals surface area contributed by atoms with E-state index in [0.29, 0.717) is 11.7 Å². The minimum Gasteiger partial charge on any atom is -0.381 e. The average Bonchev–Trinajstić information content (AvgIpc) is 2.81. The van der Waals surface area contributed by atoms with Crippen LogP contribution in [-0.4, -0.2) is 31.1 Å². The van der Waals surface area contributed by atoms with E-state index in [4.69, 9.17) is 4.74 Å². The first-order valence-electron chi connectivity index (χ1n) is 7.13. The zero-order valence-electron chi connectivity index (χ0n) is 11.0. The van der Waals surface area contributed by atoms with Gasteiger partial charge in [0, 0.05) is 19.6 Å². The molecule has 0 bridgehead atoms. The molecule has 2 heterocycles. The van der Waals surface area contributed by atoms with Crippen LogP contribution in [0.5, 0.6) is 0 Å². The highest BCUT2D eigenvalue weighted by molar-refractivity contribution is 5.89. The van der Waals surface area contributed by atoms with Crippen LogP contribution in [0.2, 0.25) is 0 Å². The fourth-order valence-electron chi connectivity index (χ4n) is 3.23. The molecule has 0 aliphatic carbocycles. The lowest BCUT2D eigenvalue weighted by Gasteiger charge is -2.30. The summed E-state index contributed by atoms with van der Waals surface area (Å²) >= 11 is 0. The van der Waals surface area contributed by atoms with Crippen LogP contribution in [-0.2, 0) is 9.53 Å². The third-order valence-electron chi connectivity index (χ3n) is 4.27. The first-order chi connectivity index (χ1) is 8.27. The van der Waals surface area contributed by atoms with Gasteiger partial charge in [0.2, 0.25) is 0 Å². The predicted octanol–water partition coefficient (Wildman–Crippen LogP) is 2.29. The van der Waals surface area contributed by atoms with Gasteiger partial charge in [-0.3, -0.25) is 4.79 Å². The Morgan fingerprint density at radius 2 is 2.18 bits per heavy atom. The van der Waals surface area contributed by atoms with E-state index in [-0.39, 0.29) is 5.54 Å². The summed E-state index contributed by atoms with van der Waals surface area (Å²) in [4.78, 5) is 12.5. The highest BCUT2D eigenvalue weighted by atomic mass is 16.5. The van der Waals surface area contributed by atoms with Crippen molar-refractivity contribution in [1.82, 2.24) is 5.32 Å². The Bertz CT molecular complexity index is 253. The molecule has 0 aromatic carbocycles. The molecule has 17 heavy (non-hydrogen) atoms. The molecule has 2 saturated heterocycles. The normalized spacial score (nSPS) is 30.6. The molecule has 1 unspecified atom stereocenters. The third kappa shape index (κ3) is 3.08. The van der Waals surface area contributed by atoms with Crippen molar-refractivity contribution in [2.75, 3.05) is 19.8 Å². The molecule has 2 aliphatic rings. The van der Waals surface area contributed by atoms with Gasteiger partial charge in [-0.1, -0.05) is 13.3 Å². The van der Waals surface area contributed by atoms with Gasteiger partial charge in [0.25, 0.3) is 0 Å². The van der Waals surface area contributed by atoms with Gasteiger partial charge >= 0.3 is 0 Å². The number of carbonyl (C=O) groups is 1. The summed E-state index contributed by atoms with van der Waals surface area (Å²) in [5.74, 6) is 1.02. The van der Waals surface area contributed by atoms with Crippen molar-refractivity contribution in [3.8, 4) is 0 Å². The first kappa shape index (κ1) is 13.0. The summed E-state index contributed by atoms with van der Waals surface area (Å²) < 4.78 is 5.35. The van der Waals surface area contributed by atoms with E-state index in [2.05, 4.69) is 12.2 Å². The topological polar surface area (TPSA) is 38.3 Å². The Morgan fingerprint density at radius 1 is 1.41 bits per heavy atom. The Labute approximate surface area is 104 Å². The van der Waals surface area contributed by atoms with E-state index in [1.807, 2.05) is 0 Å². The molecule has 0 aromatic rings. The Morgan fingerprint density at radius 3 is 2.76 bits per heavy atom. The average molecular weight is 239 g/mol. The van der Waals surface area contributed by atoms with E-state index in [1.54, 1.807) is 0 Å². The Hall–Kier alpha value is -0.410. The molecular weight excluding hydrogens is 214 g/mol. The van der Waals surface area contributed by atoms with Crippen molar-refractivity contribution in [2.45, 2.75) is 57.4 Å². The van der Waals surface area contributed by atoms with Gasteiger partial charge in [-0.2, -0.15) is 0 Å². The van der Waals surface area contributed by atoms with Gasteiger partial charge in [-0.25, -0.2) is 0 Å². The molecule has 0 saturated carbocycles. The van der Waals surface area contributed by atoms with Crippen molar-refractivity contribution in [3.05, 3.63) is 0 Å². The maximum Gasteiger partial charge on any atom is 0.153 e. The number of carbonyl (C=O) groups excluding carboxylic acids is 1. The van der Waals surface area contributed by atoms with E-state index in [9.17, 15) is 4.79 Å². The molecule has 2 aliphatic heterocycles. The van der Waals surface area contributed by atoms with Gasteiger partial charge in [-0.05, 0) is 44.6 Å². The summed E-state index contributed by atoms with van der Waals surface area (Å²) in [5.41, 5.74) is -0.174. The summed E-state index contributed by atoms with van der Waals surface area (Å²) in [6.45, 7) is 4.86. The second-order valence-electron chi connectivity index (χ2n) is 5.55. The summed E-state index contributed by atoms with van der Waals surface area (Å²) in [6.07, 6.45) is 7.18. The second kappa shape index (κ2) is 5.96. The van der Waals surface area contributed by atoms with Gasteiger partial charge < -0.3 is 10.1 Å². The molecule has 3 heteroatoms. The van der Waals surface area contributed by atoms with Crippen LogP contribution < -0.4 is 5.32 Å². The van der Waals surface area contributed by atoms with Gasteiger partial charge in [0.1, 0.15) is 0 Å². The summed E-state index contributed by atoms with van der Waals surface area (Å²) in [6, 6.07) is 0. The second-order valence-corrected chi connectivity index (χ2v) is 5.55. The van der Waals surface area contributed by atoms with E-state index in [1.165, 1.54) is 0 Å². The molecule has 0 spiro atoms. The molecular formula is C14H25NO2. The molecule has 0 radical (unpaired) electrons. The number of Topliss-reactive ketones (excluding diaryl/α,β-unsaturated/α-hetero) is 1. The highest BCUT2D eigenvalue weighted by Crippen LogP contribution is 2.30. The number of ether oxygens (including phenoxy) is 1. The first-order valence-corrected chi connectivity index (χ1v) is 7.13. The van der Waals surface area contributed by atoms with Crippen molar-refractivity contribution in [1.29, 1.82) is 0 Å². The maximum atomic E-state index is 12.5. The van der Waals surface area contributed by atoms with Gasteiger partial charge in [0.15, 0.2) is 5.78 Å². The van der Waals surface area contributed by atoms with Crippen molar-refractivity contribution < 1.29 is 9.53 Å². The van der Waals surface area contributed by atoms with Crippen molar-refractivity contribution >= 4 is 5.78 Å². The highest BCUT2D eigenvalue weighted by Gasteiger charge is 2.40. The molecule has 2 fully saturated rings. The standard InChI is InChI=1S/C14H25NO2/c1-2-6-14(7-3-8-15-14)13(16)11-12-4-9-17-10-5-12/h12,15H,2-11H2,1H3. The van der Waals surface area contributed by atoms with Crippen molar-refractivity contribution in [3.63, 3.8) is 0 Å². The zero-order chi connectivity index (χ0) is 12.1. The van der Waals surface area contributed by atoms with E-state index < -0.39 is 0 Å². The van der Waals surface area contributed by atoms with Crippen LogP contribution in [0, 0.1) is 5.92 Å². The Balaban J connectivity index is 1.91. The number of hydrogen-bond acceptors (Lipinski definition) is 3. The monoisotopic (exact) mass is 239 g/mol. The van der Waals surface area contributed by atoms with Crippen molar-refractivity contribution in [2.24, 2.45) is 5.92 Å². The molecule has 98 valence electrons. The number of ketones is 1. The van der Waals surface area contributed by atoms with Gasteiger partial charge in [-0.15, -0.1) is 0 Å². The van der Waals surface area contributed by atoms with Crippen LogP contribution in [0.25, 0.3) is 0 Å². The lowest BCUT2D eigenvalue weighted by molar-refractivity contribution is -0.126. The SMILES string of the molecule is CCCC1(C(=O)CC2CCOCC2)CCCN1. The Kier molecular flexibility index (Phi) is 4.57. The largest absolute Gasteiger partial charge is 0.381 e. The quantitative estimate of drug-likeness (QED) is 0.800. The predicted molar refractivity (Wildman–Crippen MR) is 68.0 cm³/mol.